The molecule has 8 nitrogen and oxygen atoms in total. The van der Waals surface area contributed by atoms with E-state index in [1.54, 1.807) is 0 Å². The van der Waals surface area contributed by atoms with Gasteiger partial charge in [0.05, 0.1) is 35.3 Å². The number of H-pyrrole nitrogens is 2. The van der Waals surface area contributed by atoms with Crippen LogP contribution in [0.15, 0.2) is 48.5 Å². The van der Waals surface area contributed by atoms with Crippen LogP contribution in [0.4, 0.5) is 0 Å². The molecular weight excluding hydrogens is 532 g/mol. The van der Waals surface area contributed by atoms with E-state index in [4.69, 9.17) is 10.2 Å². The molecule has 2 aliphatic heterocycles. The first-order chi connectivity index (χ1) is 18.2. The number of hydrogen-bond acceptors (Lipinski definition) is 6. The van der Waals surface area contributed by atoms with Gasteiger partial charge >= 0.3 is 0 Å². The lowest BCUT2D eigenvalue weighted by Crippen LogP contribution is -2.35. The van der Waals surface area contributed by atoms with Crippen LogP contribution < -0.4 is 5.32 Å². The Morgan fingerprint density at radius 2 is 1.24 bits per heavy atom. The summed E-state index contributed by atoms with van der Waals surface area (Å²) in [4.78, 5) is 18.5. The topological polar surface area (TPSA) is 113 Å². The van der Waals surface area contributed by atoms with Gasteiger partial charge < -0.3 is 30.4 Å². The lowest BCUT2D eigenvalue weighted by Gasteiger charge is -2.30. The third-order valence-corrected chi connectivity index (χ3v) is 7.37. The molecule has 2 aromatic carbocycles. The van der Waals surface area contributed by atoms with Crippen molar-refractivity contribution in [2.45, 2.75) is 37.5 Å². The number of halogens is 1. The maximum absolute atomic E-state index is 8.94. The van der Waals surface area contributed by atoms with E-state index in [9.17, 15) is 0 Å². The Bertz CT molecular complexity index is 1130. The first-order valence-electron chi connectivity index (χ1n) is 13.3. The molecule has 37 heavy (non-hydrogen) atoms. The first-order valence-corrected chi connectivity index (χ1v) is 14.4. The predicted molar refractivity (Wildman–Crippen MR) is 153 cm³/mol. The van der Waals surface area contributed by atoms with Gasteiger partial charge in [0.2, 0.25) is 0 Å². The number of para-hydroxylation sites is 4. The molecule has 2 aromatic heterocycles. The van der Waals surface area contributed by atoms with Crippen LogP contribution in [-0.4, -0.2) is 86.3 Å². The molecule has 0 aliphatic carbocycles. The SMILES string of the molecule is OCCBr.OCCN1CCC(c2nc3ccccc3[nH]2)CC1.c1ccc2[nH]c(C3CCNCC3)nc2c1. The predicted octanol–water partition coefficient (Wildman–Crippen LogP) is 4.14. The molecule has 4 heterocycles. The van der Waals surface area contributed by atoms with Crippen molar-refractivity contribution in [3.63, 3.8) is 0 Å². The van der Waals surface area contributed by atoms with Gasteiger partial charge in [-0.1, -0.05) is 40.2 Å². The minimum absolute atomic E-state index is 0.236. The zero-order valence-corrected chi connectivity index (χ0v) is 23.0. The second-order valence-electron chi connectivity index (χ2n) is 9.55. The number of β-amino-alcohol motifs (C(OH)–C–C–N with tert-alkyl or cyclic N) is 1. The average Bonchev–Trinajstić information content (AvgIpc) is 3.59. The first kappa shape index (κ1) is 27.7. The highest BCUT2D eigenvalue weighted by Crippen LogP contribution is 2.27. The Balaban J connectivity index is 0.000000153. The summed E-state index contributed by atoms with van der Waals surface area (Å²) >= 11 is 3.00. The Kier molecular flexibility index (Phi) is 10.9. The molecule has 5 N–H and O–H groups in total. The van der Waals surface area contributed by atoms with Crippen LogP contribution >= 0.6 is 15.9 Å². The fourth-order valence-electron chi connectivity index (χ4n) is 5.00. The van der Waals surface area contributed by atoms with Gasteiger partial charge in [0.15, 0.2) is 0 Å². The second-order valence-corrected chi connectivity index (χ2v) is 10.3. The number of benzene rings is 2. The van der Waals surface area contributed by atoms with Crippen molar-refractivity contribution >= 4 is 38.0 Å². The fourth-order valence-corrected chi connectivity index (χ4v) is 5.00. The number of fused-ring (bicyclic) bond motifs is 2. The van der Waals surface area contributed by atoms with Crippen molar-refractivity contribution in [2.24, 2.45) is 0 Å². The van der Waals surface area contributed by atoms with Crippen LogP contribution in [0.1, 0.15) is 49.2 Å². The van der Waals surface area contributed by atoms with Gasteiger partial charge in [-0.05, 0) is 76.1 Å². The number of nitrogens with zero attached hydrogens (tertiary/aromatic N) is 3. The molecule has 200 valence electrons. The largest absolute Gasteiger partial charge is 0.396 e. The number of aliphatic hydroxyl groups is 2. The van der Waals surface area contributed by atoms with Gasteiger partial charge in [-0.15, -0.1) is 0 Å². The number of aromatic amines is 2. The standard InChI is InChI=1S/C14H19N3O.C12H15N3.C2H5BrO/c18-10-9-17-7-5-11(6-8-17)14-15-12-3-1-2-4-13(12)16-14;1-2-4-11-10(3-1)14-12(15-11)9-5-7-13-8-6-9;3-1-2-4/h1-4,11,18H,5-10H2,(H,15,16);1-4,9,13H,5-8H2,(H,14,15);4H,1-2H2. The maximum Gasteiger partial charge on any atom is 0.110 e. The van der Waals surface area contributed by atoms with Gasteiger partial charge in [-0.25, -0.2) is 9.97 Å². The van der Waals surface area contributed by atoms with Crippen molar-refractivity contribution in [3.8, 4) is 0 Å². The van der Waals surface area contributed by atoms with E-state index in [-0.39, 0.29) is 13.2 Å². The Morgan fingerprint density at radius 3 is 1.70 bits per heavy atom. The highest BCUT2D eigenvalue weighted by Gasteiger charge is 2.22. The maximum atomic E-state index is 8.94. The van der Waals surface area contributed by atoms with E-state index in [1.165, 1.54) is 12.8 Å². The van der Waals surface area contributed by atoms with Gasteiger partial charge in [0.25, 0.3) is 0 Å². The minimum Gasteiger partial charge on any atom is -0.396 e. The molecular formula is C28H39BrN6O2. The molecule has 0 amide bonds. The van der Waals surface area contributed by atoms with Crippen molar-refractivity contribution in [1.82, 2.24) is 30.2 Å². The lowest BCUT2D eigenvalue weighted by molar-refractivity contribution is 0.163. The zero-order chi connectivity index (χ0) is 25.9. The van der Waals surface area contributed by atoms with Crippen LogP contribution in [0.3, 0.4) is 0 Å². The second kappa shape index (κ2) is 14.6. The number of hydrogen-bond donors (Lipinski definition) is 5. The summed E-state index contributed by atoms with van der Waals surface area (Å²) in [6, 6.07) is 16.4. The van der Waals surface area contributed by atoms with Crippen LogP contribution in [0.25, 0.3) is 22.1 Å². The number of likely N-dealkylation sites (tertiary alicyclic amines) is 1. The summed E-state index contributed by atoms with van der Waals surface area (Å²) in [6.45, 7) is 5.64. The molecule has 0 atom stereocenters. The molecule has 2 aliphatic rings. The number of imidazole rings is 2. The molecule has 0 unspecified atom stereocenters. The van der Waals surface area contributed by atoms with E-state index in [1.807, 2.05) is 24.3 Å². The third-order valence-electron chi connectivity index (χ3n) is 7.02. The highest BCUT2D eigenvalue weighted by molar-refractivity contribution is 9.09. The summed E-state index contributed by atoms with van der Waals surface area (Å²) in [5.74, 6) is 3.43. The van der Waals surface area contributed by atoms with Gasteiger partial charge in [-0.2, -0.15) is 0 Å². The van der Waals surface area contributed by atoms with Crippen LogP contribution in [0.2, 0.25) is 0 Å². The molecule has 9 heteroatoms. The molecule has 0 radical (unpaired) electrons. The van der Waals surface area contributed by atoms with Crippen LogP contribution in [0.5, 0.6) is 0 Å². The van der Waals surface area contributed by atoms with Crippen molar-refractivity contribution in [2.75, 3.05) is 51.3 Å². The van der Waals surface area contributed by atoms with E-state index in [0.717, 1.165) is 79.3 Å². The number of aromatic nitrogens is 4. The highest BCUT2D eigenvalue weighted by atomic mass is 79.9. The molecule has 2 saturated heterocycles. The number of alkyl halides is 1. The smallest absolute Gasteiger partial charge is 0.110 e. The van der Waals surface area contributed by atoms with Crippen LogP contribution in [-0.2, 0) is 0 Å². The number of nitrogens with one attached hydrogen (secondary N) is 3. The normalized spacial score (nSPS) is 17.3. The third kappa shape index (κ3) is 7.85. The number of rotatable bonds is 5. The van der Waals surface area contributed by atoms with Gasteiger partial charge in [0, 0.05) is 23.7 Å². The number of piperidine rings is 2. The molecule has 0 spiro atoms. The zero-order valence-electron chi connectivity index (χ0n) is 21.4. The van der Waals surface area contributed by atoms with E-state index < -0.39 is 0 Å². The molecule has 0 saturated carbocycles. The van der Waals surface area contributed by atoms with Crippen molar-refractivity contribution in [3.05, 3.63) is 60.2 Å². The van der Waals surface area contributed by atoms with Crippen molar-refractivity contribution in [1.29, 1.82) is 0 Å². The van der Waals surface area contributed by atoms with E-state index in [0.29, 0.717) is 17.2 Å². The summed E-state index contributed by atoms with van der Waals surface area (Å²) in [5, 5.41) is 20.8. The molecule has 6 rings (SSSR count). The number of aliphatic hydroxyl groups excluding tert-OH is 2. The fraction of sp³-hybridized carbons (Fsp3) is 0.500. The van der Waals surface area contributed by atoms with E-state index in [2.05, 4.69) is 70.3 Å². The molecule has 0 bridgehead atoms. The monoisotopic (exact) mass is 570 g/mol. The molecule has 2 fully saturated rings. The van der Waals surface area contributed by atoms with Gasteiger partial charge in [-0.3, -0.25) is 0 Å². The summed E-state index contributed by atoms with van der Waals surface area (Å²) < 4.78 is 0. The molecule has 4 aromatic rings. The van der Waals surface area contributed by atoms with E-state index >= 15 is 0 Å². The van der Waals surface area contributed by atoms with Gasteiger partial charge in [0.1, 0.15) is 11.6 Å². The summed E-state index contributed by atoms with van der Waals surface area (Å²) in [6.07, 6.45) is 4.64. The summed E-state index contributed by atoms with van der Waals surface area (Å²) in [7, 11) is 0. The van der Waals surface area contributed by atoms with Crippen molar-refractivity contribution < 1.29 is 10.2 Å². The minimum atomic E-state index is 0.236. The van der Waals surface area contributed by atoms with Crippen LogP contribution in [0, 0.1) is 0 Å². The lowest BCUT2D eigenvalue weighted by atomic mass is 9.96. The Labute approximate surface area is 227 Å². The Hall–Kier alpha value is -2.30. The average molecular weight is 572 g/mol. The summed E-state index contributed by atoms with van der Waals surface area (Å²) in [5.41, 5.74) is 4.44. The Morgan fingerprint density at radius 1 is 0.757 bits per heavy atom. The quantitative estimate of drug-likeness (QED) is 0.230.